The molecule has 5 nitrogen and oxygen atoms in total. The highest BCUT2D eigenvalue weighted by molar-refractivity contribution is 9.10. The Morgan fingerprint density at radius 2 is 2.12 bits per heavy atom. The number of carbonyl (C=O) groups excluding carboxylic acids is 1. The molecule has 0 aliphatic carbocycles. The van der Waals surface area contributed by atoms with E-state index in [4.69, 9.17) is 9.47 Å². The second-order valence-corrected chi connectivity index (χ2v) is 8.07. The van der Waals surface area contributed by atoms with Crippen LogP contribution in [0.15, 0.2) is 28.1 Å². The van der Waals surface area contributed by atoms with Gasteiger partial charge in [0, 0.05) is 34.1 Å². The maximum Gasteiger partial charge on any atom is 0.238 e. The van der Waals surface area contributed by atoms with Crippen LogP contribution in [0.5, 0.6) is 11.5 Å². The molecule has 0 radical (unpaired) electrons. The summed E-state index contributed by atoms with van der Waals surface area (Å²) in [5.74, 6) is 1.34. The minimum absolute atomic E-state index is 0.0251. The van der Waals surface area contributed by atoms with Crippen LogP contribution in [0.25, 0.3) is 0 Å². The quantitative estimate of drug-likeness (QED) is 0.815. The predicted octanol–water partition coefficient (Wildman–Crippen LogP) is 3.84. The predicted molar refractivity (Wildman–Crippen MR) is 102 cm³/mol. The summed E-state index contributed by atoms with van der Waals surface area (Å²) in [6.45, 7) is 4.51. The topological polar surface area (TPSA) is 50.8 Å². The summed E-state index contributed by atoms with van der Waals surface area (Å²) in [6, 6.07) is 6.09. The minimum atomic E-state index is -0.0251. The molecule has 2 aliphatic heterocycles. The lowest BCUT2D eigenvalue weighted by molar-refractivity contribution is -0.117. The summed E-state index contributed by atoms with van der Waals surface area (Å²) in [5, 5.41) is 5.12. The monoisotopic (exact) mass is 422 g/mol. The van der Waals surface area contributed by atoms with E-state index in [1.54, 1.807) is 0 Å². The van der Waals surface area contributed by atoms with Crippen LogP contribution in [0.4, 0.5) is 5.69 Å². The van der Waals surface area contributed by atoms with Crippen molar-refractivity contribution in [3.8, 4) is 11.5 Å². The van der Waals surface area contributed by atoms with Crippen LogP contribution in [-0.2, 0) is 11.2 Å². The SMILES string of the molecule is CC1c2ccsc2CCN1CC(=O)Nc1cc2c(cc1Br)OCCO2. The third-order valence-corrected chi connectivity index (χ3v) is 6.31. The molecule has 0 spiro atoms. The van der Waals surface area contributed by atoms with Crippen LogP contribution in [0.1, 0.15) is 23.4 Å². The number of amides is 1. The van der Waals surface area contributed by atoms with E-state index in [0.717, 1.165) is 17.4 Å². The van der Waals surface area contributed by atoms with E-state index >= 15 is 0 Å². The highest BCUT2D eigenvalue weighted by Crippen LogP contribution is 2.38. The van der Waals surface area contributed by atoms with Gasteiger partial charge in [0.05, 0.1) is 12.2 Å². The van der Waals surface area contributed by atoms with Crippen LogP contribution >= 0.6 is 27.3 Å². The standard InChI is InChI=1S/C18H19BrN2O3S/c1-11-12-3-7-25-17(12)2-4-21(11)10-18(22)20-14-9-16-15(8-13(14)19)23-5-6-24-16/h3,7-9,11H,2,4-6,10H2,1H3,(H,20,22). The molecule has 1 unspecified atom stereocenters. The van der Waals surface area contributed by atoms with E-state index in [0.29, 0.717) is 36.9 Å². The van der Waals surface area contributed by atoms with Gasteiger partial charge in [-0.3, -0.25) is 9.69 Å². The molecule has 0 saturated heterocycles. The largest absolute Gasteiger partial charge is 0.486 e. The molecule has 1 amide bonds. The molecule has 2 aromatic rings. The van der Waals surface area contributed by atoms with Crippen LogP contribution in [0, 0.1) is 0 Å². The number of rotatable bonds is 3. The summed E-state index contributed by atoms with van der Waals surface area (Å²) >= 11 is 5.30. The molecule has 132 valence electrons. The van der Waals surface area contributed by atoms with Crippen molar-refractivity contribution >= 4 is 38.9 Å². The number of ether oxygens (including phenoxy) is 2. The van der Waals surface area contributed by atoms with Gasteiger partial charge in [-0.2, -0.15) is 0 Å². The maximum atomic E-state index is 12.6. The molecular weight excluding hydrogens is 404 g/mol. The number of anilines is 1. The molecule has 1 N–H and O–H groups in total. The van der Waals surface area contributed by atoms with E-state index in [2.05, 4.69) is 44.5 Å². The molecule has 7 heteroatoms. The molecule has 25 heavy (non-hydrogen) atoms. The zero-order valence-corrected chi connectivity index (χ0v) is 16.3. The molecule has 3 heterocycles. The Morgan fingerprint density at radius 3 is 2.92 bits per heavy atom. The zero-order valence-electron chi connectivity index (χ0n) is 13.9. The lowest BCUT2D eigenvalue weighted by Crippen LogP contribution is -2.39. The molecule has 1 aromatic heterocycles. The van der Waals surface area contributed by atoms with Gasteiger partial charge in [-0.15, -0.1) is 11.3 Å². The summed E-state index contributed by atoms with van der Waals surface area (Å²) in [4.78, 5) is 16.2. The molecule has 0 fully saturated rings. The Bertz CT molecular complexity index is 808. The van der Waals surface area contributed by atoms with Crippen molar-refractivity contribution in [3.63, 3.8) is 0 Å². The van der Waals surface area contributed by atoms with Gasteiger partial charge in [-0.05, 0) is 46.3 Å². The van der Waals surface area contributed by atoms with E-state index < -0.39 is 0 Å². The maximum absolute atomic E-state index is 12.6. The Balaban J connectivity index is 1.44. The van der Waals surface area contributed by atoms with Gasteiger partial charge in [0.2, 0.25) is 5.91 Å². The number of hydrogen-bond donors (Lipinski definition) is 1. The van der Waals surface area contributed by atoms with Crippen molar-refractivity contribution < 1.29 is 14.3 Å². The summed E-state index contributed by atoms with van der Waals surface area (Å²) in [5.41, 5.74) is 2.06. The lowest BCUT2D eigenvalue weighted by atomic mass is 10.0. The lowest BCUT2D eigenvalue weighted by Gasteiger charge is -2.33. The third kappa shape index (κ3) is 3.41. The second-order valence-electron chi connectivity index (χ2n) is 6.22. The molecule has 0 saturated carbocycles. The average molecular weight is 423 g/mol. The number of nitrogens with zero attached hydrogens (tertiary/aromatic N) is 1. The van der Waals surface area contributed by atoms with Crippen molar-refractivity contribution in [2.75, 3.05) is 31.6 Å². The highest BCUT2D eigenvalue weighted by atomic mass is 79.9. The first kappa shape index (κ1) is 16.9. The van der Waals surface area contributed by atoms with Gasteiger partial charge < -0.3 is 14.8 Å². The Morgan fingerprint density at radius 1 is 1.36 bits per heavy atom. The van der Waals surface area contributed by atoms with Gasteiger partial charge in [0.15, 0.2) is 11.5 Å². The van der Waals surface area contributed by atoms with Crippen molar-refractivity contribution in [3.05, 3.63) is 38.5 Å². The van der Waals surface area contributed by atoms with E-state index in [1.807, 2.05) is 23.5 Å². The van der Waals surface area contributed by atoms with Crippen molar-refractivity contribution in [2.45, 2.75) is 19.4 Å². The van der Waals surface area contributed by atoms with Crippen LogP contribution < -0.4 is 14.8 Å². The number of carbonyl (C=O) groups is 1. The fourth-order valence-corrected chi connectivity index (χ4v) is 4.70. The molecule has 0 bridgehead atoms. The van der Waals surface area contributed by atoms with E-state index in [1.165, 1.54) is 10.4 Å². The van der Waals surface area contributed by atoms with Crippen molar-refractivity contribution in [2.24, 2.45) is 0 Å². The van der Waals surface area contributed by atoms with Crippen LogP contribution in [0.3, 0.4) is 0 Å². The van der Waals surface area contributed by atoms with Gasteiger partial charge in [0.25, 0.3) is 0 Å². The van der Waals surface area contributed by atoms with E-state index in [-0.39, 0.29) is 11.9 Å². The number of nitrogens with one attached hydrogen (secondary N) is 1. The summed E-state index contributed by atoms with van der Waals surface area (Å²) in [6.07, 6.45) is 1.01. The molecule has 2 aliphatic rings. The van der Waals surface area contributed by atoms with Gasteiger partial charge in [-0.1, -0.05) is 0 Å². The third-order valence-electron chi connectivity index (χ3n) is 4.66. The van der Waals surface area contributed by atoms with Crippen LogP contribution in [0.2, 0.25) is 0 Å². The number of benzene rings is 1. The number of fused-ring (bicyclic) bond motifs is 2. The Hall–Kier alpha value is -1.57. The number of hydrogen-bond acceptors (Lipinski definition) is 5. The first-order chi connectivity index (χ1) is 12.1. The van der Waals surface area contributed by atoms with E-state index in [9.17, 15) is 4.79 Å². The summed E-state index contributed by atoms with van der Waals surface area (Å²) < 4.78 is 11.9. The minimum Gasteiger partial charge on any atom is -0.486 e. The first-order valence-electron chi connectivity index (χ1n) is 8.31. The van der Waals surface area contributed by atoms with Gasteiger partial charge in [0.1, 0.15) is 13.2 Å². The first-order valence-corrected chi connectivity index (χ1v) is 9.98. The fraction of sp³-hybridized carbons (Fsp3) is 0.389. The average Bonchev–Trinajstić information content (AvgIpc) is 3.07. The van der Waals surface area contributed by atoms with Gasteiger partial charge >= 0.3 is 0 Å². The molecular formula is C18H19BrN2O3S. The van der Waals surface area contributed by atoms with Crippen LogP contribution in [-0.4, -0.2) is 37.1 Å². The summed E-state index contributed by atoms with van der Waals surface area (Å²) in [7, 11) is 0. The molecule has 1 atom stereocenters. The van der Waals surface area contributed by atoms with Gasteiger partial charge in [-0.25, -0.2) is 0 Å². The normalized spacial score (nSPS) is 19.4. The van der Waals surface area contributed by atoms with Crippen molar-refractivity contribution in [1.29, 1.82) is 0 Å². The molecule has 1 aromatic carbocycles. The van der Waals surface area contributed by atoms with Crippen molar-refractivity contribution in [1.82, 2.24) is 4.90 Å². The number of thiophene rings is 1. The Kier molecular flexibility index (Phi) is 4.71. The smallest absolute Gasteiger partial charge is 0.238 e. The Labute approximate surface area is 159 Å². The zero-order chi connectivity index (χ0) is 17.4. The number of halogens is 1. The highest BCUT2D eigenvalue weighted by Gasteiger charge is 2.26. The fourth-order valence-electron chi connectivity index (χ4n) is 3.31. The second kappa shape index (κ2) is 6.97. The molecule has 4 rings (SSSR count).